The van der Waals surface area contributed by atoms with Crippen molar-refractivity contribution >= 4 is 0 Å². The Morgan fingerprint density at radius 2 is 0.880 bits per heavy atom. The van der Waals surface area contributed by atoms with Crippen molar-refractivity contribution in [3.63, 3.8) is 0 Å². The molecule has 0 saturated carbocycles. The quantitative estimate of drug-likeness (QED) is 0.167. The van der Waals surface area contributed by atoms with E-state index in [-0.39, 0.29) is 6.23 Å². The molecular formula is C23H49NO. The van der Waals surface area contributed by atoms with Crippen LogP contribution in [-0.2, 0) is 0 Å². The summed E-state index contributed by atoms with van der Waals surface area (Å²) in [5.41, 5.74) is 0. The number of aliphatic hydroxyl groups is 1. The summed E-state index contributed by atoms with van der Waals surface area (Å²) >= 11 is 0. The fourth-order valence-corrected chi connectivity index (χ4v) is 3.48. The zero-order chi connectivity index (χ0) is 18.4. The van der Waals surface area contributed by atoms with E-state index in [1.807, 2.05) is 0 Å². The van der Waals surface area contributed by atoms with Crippen molar-refractivity contribution in [3.05, 3.63) is 0 Å². The van der Waals surface area contributed by atoms with Crippen LogP contribution in [0.1, 0.15) is 136 Å². The second-order valence-electron chi connectivity index (χ2n) is 7.92. The van der Waals surface area contributed by atoms with Crippen LogP contribution < -0.4 is 5.32 Å². The predicted octanol–water partition coefficient (Wildman–Crippen LogP) is 7.35. The Labute approximate surface area is 159 Å². The fourth-order valence-electron chi connectivity index (χ4n) is 3.48. The maximum absolute atomic E-state index is 9.69. The summed E-state index contributed by atoms with van der Waals surface area (Å²) < 4.78 is 0. The van der Waals surface area contributed by atoms with Crippen LogP contribution in [0.2, 0.25) is 0 Å². The first-order valence-electron chi connectivity index (χ1n) is 11.7. The molecule has 0 heterocycles. The topological polar surface area (TPSA) is 32.3 Å². The van der Waals surface area contributed by atoms with Gasteiger partial charge in [-0.25, -0.2) is 0 Å². The zero-order valence-electron chi connectivity index (χ0n) is 17.7. The molecule has 0 bridgehead atoms. The van der Waals surface area contributed by atoms with Crippen LogP contribution in [0.15, 0.2) is 0 Å². The second kappa shape index (κ2) is 22.0. The molecule has 2 N–H and O–H groups in total. The van der Waals surface area contributed by atoms with Gasteiger partial charge in [-0.15, -0.1) is 0 Å². The van der Waals surface area contributed by atoms with Crippen LogP contribution in [0, 0.1) is 0 Å². The first kappa shape index (κ1) is 24.9. The molecule has 0 aromatic heterocycles. The van der Waals surface area contributed by atoms with Gasteiger partial charge in [0.1, 0.15) is 6.23 Å². The molecule has 0 spiro atoms. The number of rotatable bonds is 21. The molecule has 0 aromatic rings. The standard InChI is InChI=1S/C23H49NO/c1-3-5-6-7-8-9-10-11-12-13-14-15-16-17-18-19-20-21-23(25)24-22-4-2/h23-25H,3-22H2,1-2H3. The Morgan fingerprint density at radius 3 is 1.24 bits per heavy atom. The summed E-state index contributed by atoms with van der Waals surface area (Å²) in [5.74, 6) is 0. The van der Waals surface area contributed by atoms with Crippen molar-refractivity contribution in [2.45, 2.75) is 142 Å². The van der Waals surface area contributed by atoms with Crippen LogP contribution in [0.4, 0.5) is 0 Å². The average molecular weight is 356 g/mol. The van der Waals surface area contributed by atoms with E-state index in [4.69, 9.17) is 0 Å². The van der Waals surface area contributed by atoms with Gasteiger partial charge in [0.25, 0.3) is 0 Å². The lowest BCUT2D eigenvalue weighted by atomic mass is 10.0. The van der Waals surface area contributed by atoms with E-state index >= 15 is 0 Å². The van der Waals surface area contributed by atoms with Gasteiger partial charge in [0.2, 0.25) is 0 Å². The maximum Gasteiger partial charge on any atom is 0.104 e. The first-order valence-corrected chi connectivity index (χ1v) is 11.7. The van der Waals surface area contributed by atoms with E-state index in [0.717, 1.165) is 25.8 Å². The molecule has 2 heteroatoms. The second-order valence-corrected chi connectivity index (χ2v) is 7.92. The summed E-state index contributed by atoms with van der Waals surface area (Å²) in [5, 5.41) is 12.8. The molecule has 0 fully saturated rings. The van der Waals surface area contributed by atoms with Gasteiger partial charge >= 0.3 is 0 Å². The lowest BCUT2D eigenvalue weighted by Gasteiger charge is -2.11. The molecule has 2 nitrogen and oxygen atoms in total. The molecule has 0 saturated heterocycles. The molecule has 0 aliphatic heterocycles. The summed E-state index contributed by atoms with van der Waals surface area (Å²) in [6.07, 6.45) is 25.6. The van der Waals surface area contributed by atoms with Crippen molar-refractivity contribution in [1.29, 1.82) is 0 Å². The Balaban J connectivity index is 3.03. The van der Waals surface area contributed by atoms with Gasteiger partial charge in [0.05, 0.1) is 0 Å². The Kier molecular flexibility index (Phi) is 21.9. The van der Waals surface area contributed by atoms with Gasteiger partial charge in [0, 0.05) is 0 Å². The van der Waals surface area contributed by atoms with Crippen molar-refractivity contribution in [2.24, 2.45) is 0 Å². The SMILES string of the molecule is CCCCCCCCCCCCCCCCCCCC(O)NCCC. The molecule has 152 valence electrons. The van der Waals surface area contributed by atoms with Gasteiger partial charge in [-0.3, -0.25) is 5.32 Å². The third kappa shape index (κ3) is 21.9. The number of nitrogens with one attached hydrogen (secondary N) is 1. The summed E-state index contributed by atoms with van der Waals surface area (Å²) in [6.45, 7) is 5.36. The molecule has 0 radical (unpaired) electrons. The minimum Gasteiger partial charge on any atom is -0.379 e. The van der Waals surface area contributed by atoms with Crippen LogP contribution in [0.25, 0.3) is 0 Å². The smallest absolute Gasteiger partial charge is 0.104 e. The Morgan fingerprint density at radius 1 is 0.520 bits per heavy atom. The summed E-state index contributed by atoms with van der Waals surface area (Å²) in [4.78, 5) is 0. The minimum atomic E-state index is -0.281. The third-order valence-corrected chi connectivity index (χ3v) is 5.21. The van der Waals surface area contributed by atoms with Gasteiger partial charge in [-0.1, -0.05) is 117 Å². The highest BCUT2D eigenvalue weighted by Gasteiger charge is 2.01. The molecule has 1 atom stereocenters. The largest absolute Gasteiger partial charge is 0.379 e. The first-order chi connectivity index (χ1) is 12.3. The van der Waals surface area contributed by atoms with Gasteiger partial charge in [0.15, 0.2) is 0 Å². The van der Waals surface area contributed by atoms with Crippen LogP contribution >= 0.6 is 0 Å². The molecule has 25 heavy (non-hydrogen) atoms. The van der Waals surface area contributed by atoms with E-state index in [1.54, 1.807) is 0 Å². The third-order valence-electron chi connectivity index (χ3n) is 5.21. The van der Waals surface area contributed by atoms with Crippen molar-refractivity contribution < 1.29 is 5.11 Å². The van der Waals surface area contributed by atoms with E-state index in [9.17, 15) is 5.11 Å². The van der Waals surface area contributed by atoms with Crippen LogP contribution in [0.5, 0.6) is 0 Å². The summed E-state index contributed by atoms with van der Waals surface area (Å²) in [6, 6.07) is 0. The highest BCUT2D eigenvalue weighted by Crippen LogP contribution is 2.14. The van der Waals surface area contributed by atoms with Crippen molar-refractivity contribution in [3.8, 4) is 0 Å². The molecule has 0 amide bonds. The number of hydrogen-bond donors (Lipinski definition) is 2. The fraction of sp³-hybridized carbons (Fsp3) is 1.00. The normalized spacial score (nSPS) is 12.6. The van der Waals surface area contributed by atoms with E-state index in [1.165, 1.54) is 103 Å². The van der Waals surface area contributed by atoms with Gasteiger partial charge < -0.3 is 5.11 Å². The highest BCUT2D eigenvalue weighted by atomic mass is 16.3. The predicted molar refractivity (Wildman–Crippen MR) is 113 cm³/mol. The Hall–Kier alpha value is -0.0800. The number of unbranched alkanes of at least 4 members (excludes halogenated alkanes) is 16. The number of aliphatic hydroxyl groups excluding tert-OH is 1. The van der Waals surface area contributed by atoms with Crippen LogP contribution in [-0.4, -0.2) is 17.9 Å². The monoisotopic (exact) mass is 355 g/mol. The van der Waals surface area contributed by atoms with E-state index in [0.29, 0.717) is 0 Å². The van der Waals surface area contributed by atoms with Crippen molar-refractivity contribution in [1.82, 2.24) is 5.32 Å². The molecule has 0 aliphatic rings. The molecular weight excluding hydrogens is 306 g/mol. The zero-order valence-corrected chi connectivity index (χ0v) is 17.7. The van der Waals surface area contributed by atoms with Crippen LogP contribution in [0.3, 0.4) is 0 Å². The molecule has 0 rings (SSSR count). The van der Waals surface area contributed by atoms with E-state index < -0.39 is 0 Å². The Bertz CT molecular complexity index is 232. The van der Waals surface area contributed by atoms with Crippen molar-refractivity contribution in [2.75, 3.05) is 6.54 Å². The molecule has 0 aliphatic carbocycles. The van der Waals surface area contributed by atoms with Gasteiger partial charge in [-0.05, 0) is 25.8 Å². The lowest BCUT2D eigenvalue weighted by Crippen LogP contribution is -2.29. The summed E-state index contributed by atoms with van der Waals surface area (Å²) in [7, 11) is 0. The lowest BCUT2D eigenvalue weighted by molar-refractivity contribution is 0.125. The maximum atomic E-state index is 9.69. The molecule has 1 unspecified atom stereocenters. The van der Waals surface area contributed by atoms with E-state index in [2.05, 4.69) is 19.2 Å². The minimum absolute atomic E-state index is 0.281. The molecule has 0 aromatic carbocycles. The highest BCUT2D eigenvalue weighted by molar-refractivity contribution is 4.54. The van der Waals surface area contributed by atoms with Gasteiger partial charge in [-0.2, -0.15) is 0 Å². The number of hydrogen-bond acceptors (Lipinski definition) is 2. The average Bonchev–Trinajstić information content (AvgIpc) is 2.62.